The molecular weight excluding hydrogens is 244 g/mol. The maximum atomic E-state index is 11.9. The highest BCUT2D eigenvalue weighted by Crippen LogP contribution is 2.23. The van der Waals surface area contributed by atoms with Crippen LogP contribution >= 0.6 is 0 Å². The summed E-state index contributed by atoms with van der Waals surface area (Å²) >= 11 is 0. The van der Waals surface area contributed by atoms with Gasteiger partial charge in [0.15, 0.2) is 0 Å². The van der Waals surface area contributed by atoms with Gasteiger partial charge in [0.2, 0.25) is 0 Å². The van der Waals surface area contributed by atoms with Crippen LogP contribution in [0.4, 0.5) is 11.4 Å². The summed E-state index contributed by atoms with van der Waals surface area (Å²) in [6.07, 6.45) is 0. The average molecular weight is 254 g/mol. The molecule has 3 aromatic rings. The van der Waals surface area contributed by atoms with E-state index in [1.165, 1.54) is 12.1 Å². The van der Waals surface area contributed by atoms with E-state index in [9.17, 15) is 9.59 Å². The van der Waals surface area contributed by atoms with E-state index in [0.29, 0.717) is 22.1 Å². The third-order valence-electron chi connectivity index (χ3n) is 3.00. The molecule has 19 heavy (non-hydrogen) atoms. The molecule has 0 aliphatic rings. The van der Waals surface area contributed by atoms with Gasteiger partial charge in [0.25, 0.3) is 0 Å². The minimum Gasteiger partial charge on any atom is -0.399 e. The predicted octanol–water partition coefficient (Wildman–Crippen LogP) is 1.47. The average Bonchev–Trinajstić information content (AvgIpc) is 2.47. The number of rotatable bonds is 0. The van der Waals surface area contributed by atoms with Crippen LogP contribution in [-0.4, -0.2) is 0 Å². The summed E-state index contributed by atoms with van der Waals surface area (Å²) in [5, 5.41) is 1.77. The molecule has 3 rings (SSSR count). The quantitative estimate of drug-likeness (QED) is 0.592. The van der Waals surface area contributed by atoms with Crippen molar-refractivity contribution in [2.24, 2.45) is 0 Å². The molecule has 0 aliphatic heterocycles. The van der Waals surface area contributed by atoms with Gasteiger partial charge in [-0.15, -0.1) is 0 Å². The van der Waals surface area contributed by atoms with E-state index in [2.05, 4.69) is 0 Å². The second-order valence-electron chi connectivity index (χ2n) is 4.29. The fourth-order valence-corrected chi connectivity index (χ4v) is 2.13. The first-order chi connectivity index (χ1) is 9.06. The van der Waals surface area contributed by atoms with E-state index in [4.69, 9.17) is 15.9 Å². The Morgan fingerprint density at radius 2 is 1.11 bits per heavy atom. The van der Waals surface area contributed by atoms with Gasteiger partial charge in [0, 0.05) is 11.4 Å². The number of anilines is 2. The van der Waals surface area contributed by atoms with Gasteiger partial charge in [-0.05, 0) is 35.0 Å². The van der Waals surface area contributed by atoms with Crippen molar-refractivity contribution < 1.29 is 4.42 Å². The van der Waals surface area contributed by atoms with Crippen LogP contribution in [0.3, 0.4) is 0 Å². The Kier molecular flexibility index (Phi) is 2.28. The lowest BCUT2D eigenvalue weighted by Gasteiger charge is -1.98. The molecule has 0 amide bonds. The van der Waals surface area contributed by atoms with Crippen molar-refractivity contribution in [2.45, 2.75) is 0 Å². The lowest BCUT2D eigenvalue weighted by molar-refractivity contribution is 0.491. The van der Waals surface area contributed by atoms with Crippen LogP contribution in [-0.2, 0) is 0 Å². The first-order valence-electron chi connectivity index (χ1n) is 5.62. The smallest absolute Gasteiger partial charge is 0.346 e. The van der Waals surface area contributed by atoms with E-state index in [0.717, 1.165) is 0 Å². The Hall–Kier alpha value is -2.82. The van der Waals surface area contributed by atoms with Crippen molar-refractivity contribution in [2.75, 3.05) is 11.5 Å². The van der Waals surface area contributed by atoms with E-state index in [1.54, 1.807) is 24.3 Å². The Morgan fingerprint density at radius 1 is 0.684 bits per heavy atom. The maximum absolute atomic E-state index is 11.9. The van der Waals surface area contributed by atoms with Crippen molar-refractivity contribution in [3.05, 3.63) is 57.2 Å². The minimum atomic E-state index is -0.706. The van der Waals surface area contributed by atoms with Crippen molar-refractivity contribution in [1.82, 2.24) is 0 Å². The number of nitrogen functional groups attached to an aromatic ring is 2. The molecule has 0 aliphatic carbocycles. The van der Waals surface area contributed by atoms with E-state index < -0.39 is 11.3 Å². The lowest BCUT2D eigenvalue weighted by Crippen LogP contribution is -2.05. The first kappa shape index (κ1) is 11.3. The molecule has 2 aromatic carbocycles. The highest BCUT2D eigenvalue weighted by Gasteiger charge is 2.08. The largest absolute Gasteiger partial charge is 0.399 e. The summed E-state index contributed by atoms with van der Waals surface area (Å²) in [5.74, 6) is 0. The number of hydrogen-bond acceptors (Lipinski definition) is 5. The molecule has 0 unspecified atom stereocenters. The zero-order valence-electron chi connectivity index (χ0n) is 9.84. The van der Waals surface area contributed by atoms with Gasteiger partial charge in [0.05, 0.1) is 10.8 Å². The highest BCUT2D eigenvalue weighted by molar-refractivity contribution is 6.06. The van der Waals surface area contributed by atoms with Gasteiger partial charge in [-0.1, -0.05) is 12.1 Å². The molecule has 0 saturated carbocycles. The summed E-state index contributed by atoms with van der Waals surface area (Å²) in [6.45, 7) is 0. The van der Waals surface area contributed by atoms with Crippen LogP contribution in [0.2, 0.25) is 0 Å². The fourth-order valence-electron chi connectivity index (χ4n) is 2.13. The monoisotopic (exact) mass is 254 g/mol. The number of nitrogens with two attached hydrogens (primary N) is 2. The van der Waals surface area contributed by atoms with E-state index in [-0.39, 0.29) is 10.8 Å². The lowest BCUT2D eigenvalue weighted by atomic mass is 10.1. The van der Waals surface area contributed by atoms with Crippen molar-refractivity contribution in [1.29, 1.82) is 0 Å². The van der Waals surface area contributed by atoms with Gasteiger partial charge >= 0.3 is 11.3 Å². The first-order valence-corrected chi connectivity index (χ1v) is 5.62. The van der Waals surface area contributed by atoms with Gasteiger partial charge in [-0.25, -0.2) is 9.59 Å². The molecule has 94 valence electrons. The second-order valence-corrected chi connectivity index (χ2v) is 4.29. The normalized spacial score (nSPS) is 10.9. The summed E-state index contributed by atoms with van der Waals surface area (Å²) in [4.78, 5) is 23.8. The molecule has 0 radical (unpaired) electrons. The SMILES string of the molecule is Nc1ccc2c(c1)c(=O)oc(=O)c1cc(N)ccc12. The van der Waals surface area contributed by atoms with Crippen LogP contribution in [0.25, 0.3) is 21.5 Å². The molecule has 0 spiro atoms. The zero-order chi connectivity index (χ0) is 13.6. The summed E-state index contributed by atoms with van der Waals surface area (Å²) in [6, 6.07) is 9.72. The molecular formula is C14H10N2O3. The topological polar surface area (TPSA) is 99.3 Å². The Balaban J connectivity index is 2.75. The number of benzene rings is 2. The minimum absolute atomic E-state index is 0.275. The summed E-state index contributed by atoms with van der Waals surface area (Å²) < 4.78 is 4.79. The molecule has 0 fully saturated rings. The number of hydrogen-bond donors (Lipinski definition) is 2. The molecule has 0 saturated heterocycles. The standard InChI is InChI=1S/C14H10N2O3/c15-7-1-3-9-10-4-2-8(16)6-12(10)14(18)19-13(17)11(9)5-7/h1-6H,15-16H2. The van der Waals surface area contributed by atoms with Crippen LogP contribution < -0.4 is 22.7 Å². The molecule has 4 N–H and O–H groups in total. The zero-order valence-corrected chi connectivity index (χ0v) is 9.84. The van der Waals surface area contributed by atoms with Gasteiger partial charge in [-0.3, -0.25) is 0 Å². The third kappa shape index (κ3) is 1.72. The van der Waals surface area contributed by atoms with E-state index >= 15 is 0 Å². The predicted molar refractivity (Wildman–Crippen MR) is 75.1 cm³/mol. The molecule has 5 heteroatoms. The molecule has 1 aromatic heterocycles. The van der Waals surface area contributed by atoms with Gasteiger partial charge in [-0.2, -0.15) is 0 Å². The van der Waals surface area contributed by atoms with Crippen molar-refractivity contribution in [3.63, 3.8) is 0 Å². The van der Waals surface area contributed by atoms with Crippen LogP contribution in [0.5, 0.6) is 0 Å². The molecule has 1 heterocycles. The molecule has 5 nitrogen and oxygen atoms in total. The summed E-state index contributed by atoms with van der Waals surface area (Å²) in [5.41, 5.74) is 10.8. The number of fused-ring (bicyclic) bond motifs is 3. The van der Waals surface area contributed by atoms with E-state index in [1.807, 2.05) is 0 Å². The molecule has 0 bridgehead atoms. The van der Waals surface area contributed by atoms with Gasteiger partial charge in [0.1, 0.15) is 0 Å². The maximum Gasteiger partial charge on any atom is 0.346 e. The van der Waals surface area contributed by atoms with Crippen molar-refractivity contribution >= 4 is 32.9 Å². The van der Waals surface area contributed by atoms with Gasteiger partial charge < -0.3 is 15.9 Å². The second kappa shape index (κ2) is 3.84. The van der Waals surface area contributed by atoms with Crippen LogP contribution in [0, 0.1) is 0 Å². The van der Waals surface area contributed by atoms with Crippen LogP contribution in [0.15, 0.2) is 50.4 Å². The van der Waals surface area contributed by atoms with Crippen LogP contribution in [0.1, 0.15) is 0 Å². The molecule has 0 atom stereocenters. The Labute approximate surface area is 107 Å². The Bertz CT molecular complexity index is 854. The summed E-state index contributed by atoms with van der Waals surface area (Å²) in [7, 11) is 0. The Morgan fingerprint density at radius 3 is 1.53 bits per heavy atom. The fraction of sp³-hybridized carbons (Fsp3) is 0. The highest BCUT2D eigenvalue weighted by atomic mass is 16.4. The van der Waals surface area contributed by atoms with Crippen molar-refractivity contribution in [3.8, 4) is 0 Å². The third-order valence-corrected chi connectivity index (χ3v) is 3.00.